The van der Waals surface area contributed by atoms with Crippen molar-refractivity contribution < 1.29 is 99.4 Å². The van der Waals surface area contributed by atoms with Crippen molar-refractivity contribution in [3.8, 4) is 0 Å². The molecular weight excluding hydrogens is 792 g/mol. The SMILES string of the molecule is CC(C)(CCOC(C)(C)CCC(=O)N[C@@H](CC(=O)O)C(=O)CCCOCCOCCC(=O)O)OCCN(C[C@H](O)[C@@H](O)[C@H](O)[C@H](O)CO)C[C@H](O)[C@@H](O)[C@H](O)[C@H](O)CO. The second-order valence-corrected chi connectivity index (χ2v) is 15.5. The predicted octanol–water partition coefficient (Wildman–Crippen LogP) is -4.26. The van der Waals surface area contributed by atoms with E-state index < -0.39 is 122 Å². The number of carboxylic acids is 2. The fourth-order valence-corrected chi connectivity index (χ4v) is 5.40. The number of ketones is 1. The molecule has 0 saturated heterocycles. The Bertz CT molecular complexity index is 1160. The first-order chi connectivity index (χ1) is 27.5. The molecule has 0 aliphatic carbocycles. The third-order valence-corrected chi connectivity index (χ3v) is 9.24. The highest BCUT2D eigenvalue weighted by atomic mass is 16.5. The highest BCUT2D eigenvalue weighted by Crippen LogP contribution is 2.21. The van der Waals surface area contributed by atoms with Crippen LogP contribution in [0, 0.1) is 0 Å². The maximum absolute atomic E-state index is 12.8. The second kappa shape index (κ2) is 29.7. The maximum atomic E-state index is 12.8. The molecule has 1 amide bonds. The van der Waals surface area contributed by atoms with Crippen LogP contribution < -0.4 is 5.32 Å². The minimum atomic E-state index is -1.94. The Kier molecular flexibility index (Phi) is 28.4. The summed E-state index contributed by atoms with van der Waals surface area (Å²) >= 11 is 0. The summed E-state index contributed by atoms with van der Waals surface area (Å²) in [5.74, 6) is -3.27. The van der Waals surface area contributed by atoms with E-state index in [0.29, 0.717) is 6.42 Å². The summed E-state index contributed by atoms with van der Waals surface area (Å²) < 4.78 is 22.4. The molecule has 348 valence electrons. The molecule has 0 aromatic carbocycles. The molecule has 0 aliphatic heterocycles. The van der Waals surface area contributed by atoms with E-state index in [0.717, 1.165) is 0 Å². The van der Waals surface area contributed by atoms with E-state index in [1.54, 1.807) is 27.7 Å². The lowest BCUT2D eigenvalue weighted by Gasteiger charge is -2.34. The number of nitrogens with one attached hydrogen (secondary N) is 1. The summed E-state index contributed by atoms with van der Waals surface area (Å²) in [6.45, 7) is 4.91. The molecule has 9 atom stereocenters. The van der Waals surface area contributed by atoms with Gasteiger partial charge in [0.05, 0.1) is 88.5 Å². The van der Waals surface area contributed by atoms with Crippen LogP contribution in [-0.2, 0) is 38.1 Å². The number of hydrogen-bond donors (Lipinski definition) is 13. The molecule has 0 rings (SSSR count). The van der Waals surface area contributed by atoms with Crippen molar-refractivity contribution in [2.75, 3.05) is 72.5 Å². The van der Waals surface area contributed by atoms with Crippen LogP contribution in [0.5, 0.6) is 0 Å². The Hall–Kier alpha value is -2.52. The topological polar surface area (TPSA) is 363 Å². The summed E-state index contributed by atoms with van der Waals surface area (Å²) in [7, 11) is 0. The Balaban J connectivity index is 5.07. The monoisotopic (exact) mass is 862 g/mol. The van der Waals surface area contributed by atoms with E-state index in [1.165, 1.54) is 4.90 Å². The summed E-state index contributed by atoms with van der Waals surface area (Å²) in [6.07, 6.45) is -14.8. The van der Waals surface area contributed by atoms with Gasteiger partial charge in [-0.3, -0.25) is 24.1 Å². The molecule has 22 nitrogen and oxygen atoms in total. The van der Waals surface area contributed by atoms with E-state index >= 15 is 0 Å². The Morgan fingerprint density at radius 3 is 1.54 bits per heavy atom. The normalized spacial score (nSPS) is 17.1. The van der Waals surface area contributed by atoms with E-state index in [9.17, 15) is 65.1 Å². The summed E-state index contributed by atoms with van der Waals surface area (Å²) in [5, 5.41) is 120. The standard InChI is InChI=1S/C37H70N2O20/c1-36(2,9-7-29(47)38-23(18-31(50)51)24(42)6-5-12-56-16-17-57-13-8-30(48)49)58-14-10-37(3,4)59-15-11-39(19-25(43)32(52)34(54)27(45)21-40)20-26(44)33(53)35(55)28(46)22-41/h23,25-28,32-35,40-41,43-46,52-55H,5-22H2,1-4H3,(H,38,47)(H,48,49)(H,50,51)/t23-,25-,26-,27+,28+,32+,33+,34+,35+/m0/s1. The van der Waals surface area contributed by atoms with Crippen LogP contribution in [0.3, 0.4) is 0 Å². The Morgan fingerprint density at radius 1 is 0.576 bits per heavy atom. The van der Waals surface area contributed by atoms with Gasteiger partial charge in [0.15, 0.2) is 5.78 Å². The molecule has 0 bridgehead atoms. The highest BCUT2D eigenvalue weighted by Gasteiger charge is 2.35. The van der Waals surface area contributed by atoms with Gasteiger partial charge in [-0.15, -0.1) is 0 Å². The zero-order valence-electron chi connectivity index (χ0n) is 34.5. The fourth-order valence-electron chi connectivity index (χ4n) is 5.40. The Morgan fingerprint density at radius 2 is 1.05 bits per heavy atom. The lowest BCUT2D eigenvalue weighted by atomic mass is 10.00. The van der Waals surface area contributed by atoms with Gasteiger partial charge in [-0.25, -0.2) is 0 Å². The number of rotatable bonds is 37. The molecule has 0 aliphatic rings. The minimum Gasteiger partial charge on any atom is -0.481 e. The average Bonchev–Trinajstić information content (AvgIpc) is 3.16. The fraction of sp³-hybridized carbons (Fsp3) is 0.892. The number of aliphatic hydroxyl groups excluding tert-OH is 10. The lowest BCUT2D eigenvalue weighted by Crippen LogP contribution is -2.53. The summed E-state index contributed by atoms with van der Waals surface area (Å²) in [5.41, 5.74) is -1.66. The van der Waals surface area contributed by atoms with Gasteiger partial charge in [-0.05, 0) is 47.0 Å². The van der Waals surface area contributed by atoms with E-state index in [1.807, 2.05) is 0 Å². The van der Waals surface area contributed by atoms with Gasteiger partial charge in [0.1, 0.15) is 36.6 Å². The van der Waals surface area contributed by atoms with Crippen molar-refractivity contribution in [1.82, 2.24) is 10.2 Å². The molecule has 0 unspecified atom stereocenters. The third kappa shape index (κ3) is 25.8. The first-order valence-electron chi connectivity index (χ1n) is 19.5. The average molecular weight is 863 g/mol. The smallest absolute Gasteiger partial charge is 0.305 e. The van der Waals surface area contributed by atoms with Crippen molar-refractivity contribution >= 4 is 23.6 Å². The highest BCUT2D eigenvalue weighted by molar-refractivity contribution is 5.91. The van der Waals surface area contributed by atoms with E-state index in [-0.39, 0.29) is 78.3 Å². The largest absolute Gasteiger partial charge is 0.481 e. The first kappa shape index (κ1) is 56.5. The number of carbonyl (C=O) groups is 4. The van der Waals surface area contributed by atoms with E-state index in [4.69, 9.17) is 34.3 Å². The van der Waals surface area contributed by atoms with Crippen LogP contribution >= 0.6 is 0 Å². The predicted molar refractivity (Wildman–Crippen MR) is 205 cm³/mol. The number of Topliss-reactive ketones (excluding diaryl/α,β-unsaturated/α-hetero) is 1. The van der Waals surface area contributed by atoms with Crippen LogP contribution in [0.4, 0.5) is 0 Å². The Labute approximate surface area is 344 Å². The maximum Gasteiger partial charge on any atom is 0.305 e. The molecule has 13 N–H and O–H groups in total. The van der Waals surface area contributed by atoms with Crippen molar-refractivity contribution in [2.45, 2.75) is 139 Å². The van der Waals surface area contributed by atoms with Crippen molar-refractivity contribution in [3.05, 3.63) is 0 Å². The number of hydrogen-bond acceptors (Lipinski definition) is 19. The van der Waals surface area contributed by atoms with Crippen molar-refractivity contribution in [2.24, 2.45) is 0 Å². The number of nitrogens with zero attached hydrogens (tertiary/aromatic N) is 1. The number of amides is 1. The number of aliphatic hydroxyl groups is 10. The molecule has 0 fully saturated rings. The first-order valence-corrected chi connectivity index (χ1v) is 19.5. The van der Waals surface area contributed by atoms with Crippen LogP contribution in [-0.4, -0.2) is 228 Å². The number of carbonyl (C=O) groups excluding carboxylic acids is 2. The zero-order valence-corrected chi connectivity index (χ0v) is 34.5. The molecule has 0 radical (unpaired) electrons. The van der Waals surface area contributed by atoms with Crippen LogP contribution in [0.1, 0.15) is 72.6 Å². The molecule has 0 saturated carbocycles. The quantitative estimate of drug-likeness (QED) is 0.0263. The molecule has 0 heterocycles. The van der Waals surface area contributed by atoms with Crippen LogP contribution in [0.15, 0.2) is 0 Å². The second-order valence-electron chi connectivity index (χ2n) is 15.5. The molecule has 59 heavy (non-hydrogen) atoms. The van der Waals surface area contributed by atoms with Gasteiger partial charge in [0.2, 0.25) is 5.91 Å². The molecule has 22 heteroatoms. The number of carboxylic acid groups (broad SMARTS) is 2. The van der Waals surface area contributed by atoms with Crippen LogP contribution in [0.25, 0.3) is 0 Å². The third-order valence-electron chi connectivity index (χ3n) is 9.24. The van der Waals surface area contributed by atoms with Crippen LogP contribution in [0.2, 0.25) is 0 Å². The van der Waals surface area contributed by atoms with Gasteiger partial charge in [-0.1, -0.05) is 0 Å². The molecule has 0 aromatic heterocycles. The number of ether oxygens (including phenoxy) is 4. The number of aliphatic carboxylic acids is 2. The summed E-state index contributed by atoms with van der Waals surface area (Å²) in [4.78, 5) is 48.7. The lowest BCUT2D eigenvalue weighted by molar-refractivity contribution is -0.140. The summed E-state index contributed by atoms with van der Waals surface area (Å²) in [6, 6.07) is -1.24. The van der Waals surface area contributed by atoms with E-state index in [2.05, 4.69) is 5.32 Å². The molecular formula is C37H70N2O20. The van der Waals surface area contributed by atoms with Gasteiger partial charge in [0.25, 0.3) is 0 Å². The minimum absolute atomic E-state index is 0.0418. The van der Waals surface area contributed by atoms with Crippen molar-refractivity contribution in [3.63, 3.8) is 0 Å². The van der Waals surface area contributed by atoms with Gasteiger partial charge in [-0.2, -0.15) is 0 Å². The molecule has 0 spiro atoms. The van der Waals surface area contributed by atoms with Gasteiger partial charge in [0, 0.05) is 39.1 Å². The van der Waals surface area contributed by atoms with Gasteiger partial charge < -0.3 is 85.5 Å². The van der Waals surface area contributed by atoms with Crippen molar-refractivity contribution in [1.29, 1.82) is 0 Å². The zero-order chi connectivity index (χ0) is 45.3. The molecule has 0 aromatic rings. The van der Waals surface area contributed by atoms with Gasteiger partial charge >= 0.3 is 11.9 Å².